The van der Waals surface area contributed by atoms with Gasteiger partial charge in [-0.1, -0.05) is 12.1 Å². The van der Waals surface area contributed by atoms with Crippen molar-refractivity contribution in [1.82, 2.24) is 9.97 Å². The molecule has 5 nitrogen and oxygen atoms in total. The molecule has 0 saturated heterocycles. The molecule has 0 saturated carbocycles. The molecule has 1 aliphatic heterocycles. The van der Waals surface area contributed by atoms with E-state index in [-0.39, 0.29) is 6.61 Å². The van der Waals surface area contributed by atoms with Crippen LogP contribution in [0, 0.1) is 6.92 Å². The molecule has 104 valence electrons. The number of hydrogen-bond donors (Lipinski definition) is 1. The molecule has 3 rings (SSSR count). The van der Waals surface area contributed by atoms with E-state index in [1.165, 1.54) is 0 Å². The van der Waals surface area contributed by atoms with E-state index < -0.39 is 0 Å². The monoisotopic (exact) mass is 271 g/mol. The predicted molar refractivity (Wildman–Crippen MR) is 76.3 cm³/mol. The van der Waals surface area contributed by atoms with Crippen molar-refractivity contribution < 1.29 is 9.84 Å². The maximum absolute atomic E-state index is 9.21. The number of para-hydroxylation sites is 2. The molecule has 5 heteroatoms. The van der Waals surface area contributed by atoms with Gasteiger partial charge in [0.1, 0.15) is 5.75 Å². The summed E-state index contributed by atoms with van der Waals surface area (Å²) in [6.07, 6.45) is 2.60. The largest absolute Gasteiger partial charge is 0.491 e. The summed E-state index contributed by atoms with van der Waals surface area (Å²) < 4.78 is 5.74. The van der Waals surface area contributed by atoms with Crippen LogP contribution in [0.25, 0.3) is 0 Å². The fourth-order valence-corrected chi connectivity index (χ4v) is 2.30. The van der Waals surface area contributed by atoms with E-state index in [1.807, 2.05) is 31.2 Å². The van der Waals surface area contributed by atoms with Crippen molar-refractivity contribution in [1.29, 1.82) is 0 Å². The topological polar surface area (TPSA) is 58.5 Å². The van der Waals surface area contributed by atoms with Crippen molar-refractivity contribution in [2.75, 3.05) is 18.1 Å². The minimum absolute atomic E-state index is 0.0359. The highest BCUT2D eigenvalue weighted by Gasteiger charge is 2.19. The Morgan fingerprint density at radius 1 is 1.35 bits per heavy atom. The first-order valence-corrected chi connectivity index (χ1v) is 6.72. The molecule has 0 aliphatic carbocycles. The molecule has 1 aromatic carbocycles. The van der Waals surface area contributed by atoms with Crippen molar-refractivity contribution in [3.8, 4) is 5.75 Å². The second kappa shape index (κ2) is 5.46. The van der Waals surface area contributed by atoms with Gasteiger partial charge in [-0.05, 0) is 25.5 Å². The van der Waals surface area contributed by atoms with Crippen molar-refractivity contribution >= 4 is 11.6 Å². The summed E-state index contributed by atoms with van der Waals surface area (Å²) in [7, 11) is 0. The zero-order valence-corrected chi connectivity index (χ0v) is 11.4. The van der Waals surface area contributed by atoms with E-state index in [9.17, 15) is 5.11 Å². The maximum atomic E-state index is 9.21. The standard InChI is InChI=1S/C15H17N3O2/c1-11-12(10-19)9-16-15(17-11)18-7-4-8-20-14-6-3-2-5-13(14)18/h2-3,5-6,9,19H,4,7-8,10H2,1H3. The average Bonchev–Trinajstić information content (AvgIpc) is 2.69. The number of aliphatic hydroxyl groups excluding tert-OH is 1. The third-order valence-corrected chi connectivity index (χ3v) is 3.42. The molecule has 0 bridgehead atoms. The van der Waals surface area contributed by atoms with Crippen LogP contribution in [0.15, 0.2) is 30.5 Å². The van der Waals surface area contributed by atoms with Crippen molar-refractivity contribution in [3.05, 3.63) is 41.7 Å². The first-order valence-electron chi connectivity index (χ1n) is 6.72. The van der Waals surface area contributed by atoms with Crippen molar-refractivity contribution in [2.24, 2.45) is 0 Å². The minimum Gasteiger partial charge on any atom is -0.491 e. The molecule has 1 N–H and O–H groups in total. The van der Waals surface area contributed by atoms with Gasteiger partial charge in [0.25, 0.3) is 0 Å². The molecule has 0 amide bonds. The summed E-state index contributed by atoms with van der Waals surface area (Å²) in [5.41, 5.74) is 2.55. The zero-order valence-electron chi connectivity index (χ0n) is 11.4. The van der Waals surface area contributed by atoms with Crippen LogP contribution in [0.1, 0.15) is 17.7 Å². The van der Waals surface area contributed by atoms with Crippen molar-refractivity contribution in [3.63, 3.8) is 0 Å². The molecule has 0 fully saturated rings. The molecular weight excluding hydrogens is 254 g/mol. The van der Waals surface area contributed by atoms with E-state index in [2.05, 4.69) is 14.9 Å². The second-order valence-corrected chi connectivity index (χ2v) is 4.76. The lowest BCUT2D eigenvalue weighted by Gasteiger charge is -2.22. The Morgan fingerprint density at radius 3 is 3.00 bits per heavy atom. The lowest BCUT2D eigenvalue weighted by molar-refractivity contribution is 0.280. The van der Waals surface area contributed by atoms with Crippen LogP contribution in [0.3, 0.4) is 0 Å². The van der Waals surface area contributed by atoms with Gasteiger partial charge in [-0.2, -0.15) is 0 Å². The highest BCUT2D eigenvalue weighted by Crippen LogP contribution is 2.34. The van der Waals surface area contributed by atoms with Gasteiger partial charge >= 0.3 is 0 Å². The summed E-state index contributed by atoms with van der Waals surface area (Å²) in [4.78, 5) is 10.9. The van der Waals surface area contributed by atoms with Crippen LogP contribution in [0.5, 0.6) is 5.75 Å². The highest BCUT2D eigenvalue weighted by molar-refractivity contribution is 5.65. The Kier molecular flexibility index (Phi) is 3.52. The fourth-order valence-electron chi connectivity index (χ4n) is 2.30. The molecule has 2 aromatic rings. The number of fused-ring (bicyclic) bond motifs is 1. The Morgan fingerprint density at radius 2 is 2.20 bits per heavy atom. The van der Waals surface area contributed by atoms with Gasteiger partial charge in [0.15, 0.2) is 0 Å². The summed E-state index contributed by atoms with van der Waals surface area (Å²) in [5.74, 6) is 1.51. The number of aromatic nitrogens is 2. The number of nitrogens with zero attached hydrogens (tertiary/aromatic N) is 3. The Hall–Kier alpha value is -2.14. The second-order valence-electron chi connectivity index (χ2n) is 4.76. The van der Waals surface area contributed by atoms with Crippen LogP contribution in [0.4, 0.5) is 11.6 Å². The van der Waals surface area contributed by atoms with E-state index in [0.29, 0.717) is 12.6 Å². The summed E-state index contributed by atoms with van der Waals surface area (Å²) >= 11 is 0. The zero-order chi connectivity index (χ0) is 13.9. The maximum Gasteiger partial charge on any atom is 0.230 e. The molecule has 2 heterocycles. The molecule has 20 heavy (non-hydrogen) atoms. The predicted octanol–water partition coefficient (Wildman–Crippen LogP) is 2.20. The Bertz CT molecular complexity index is 616. The molecular formula is C15H17N3O2. The van der Waals surface area contributed by atoms with Gasteiger partial charge in [0.2, 0.25) is 5.95 Å². The molecule has 0 spiro atoms. The van der Waals surface area contributed by atoms with E-state index in [4.69, 9.17) is 4.74 Å². The molecule has 1 aromatic heterocycles. The third-order valence-electron chi connectivity index (χ3n) is 3.42. The van der Waals surface area contributed by atoms with Gasteiger partial charge in [-0.15, -0.1) is 0 Å². The van der Waals surface area contributed by atoms with Gasteiger partial charge < -0.3 is 14.7 Å². The Labute approximate surface area is 117 Å². The first kappa shape index (κ1) is 12.9. The SMILES string of the molecule is Cc1nc(N2CCCOc3ccccc32)ncc1CO. The Balaban J connectivity index is 2.03. The quantitative estimate of drug-likeness (QED) is 0.907. The van der Waals surface area contributed by atoms with Crippen LogP contribution < -0.4 is 9.64 Å². The summed E-state index contributed by atoms with van der Waals surface area (Å²) in [6, 6.07) is 7.92. The summed E-state index contributed by atoms with van der Waals surface area (Å²) in [6.45, 7) is 3.36. The molecule has 0 atom stereocenters. The average molecular weight is 271 g/mol. The number of rotatable bonds is 2. The number of benzene rings is 1. The van der Waals surface area contributed by atoms with E-state index in [0.717, 1.165) is 35.7 Å². The minimum atomic E-state index is -0.0359. The number of hydrogen-bond acceptors (Lipinski definition) is 5. The van der Waals surface area contributed by atoms with Crippen LogP contribution in [0.2, 0.25) is 0 Å². The molecule has 1 aliphatic rings. The summed E-state index contributed by atoms with van der Waals surface area (Å²) in [5, 5.41) is 9.21. The number of aryl methyl sites for hydroxylation is 1. The number of ether oxygens (including phenoxy) is 1. The fraction of sp³-hybridized carbons (Fsp3) is 0.333. The molecule has 0 unspecified atom stereocenters. The smallest absolute Gasteiger partial charge is 0.230 e. The van der Waals surface area contributed by atoms with Crippen LogP contribution >= 0.6 is 0 Å². The molecule has 0 radical (unpaired) electrons. The van der Waals surface area contributed by atoms with Gasteiger partial charge in [-0.25, -0.2) is 9.97 Å². The lowest BCUT2D eigenvalue weighted by atomic mass is 10.2. The van der Waals surface area contributed by atoms with E-state index in [1.54, 1.807) is 6.20 Å². The van der Waals surface area contributed by atoms with Crippen LogP contribution in [-0.2, 0) is 6.61 Å². The van der Waals surface area contributed by atoms with E-state index >= 15 is 0 Å². The number of aliphatic hydroxyl groups is 1. The first-order chi connectivity index (χ1) is 9.79. The lowest BCUT2D eigenvalue weighted by Crippen LogP contribution is -2.20. The van der Waals surface area contributed by atoms with Crippen molar-refractivity contribution in [2.45, 2.75) is 20.0 Å². The van der Waals surface area contributed by atoms with Gasteiger partial charge in [0.05, 0.1) is 18.9 Å². The van der Waals surface area contributed by atoms with Crippen LogP contribution in [-0.4, -0.2) is 28.2 Å². The highest BCUT2D eigenvalue weighted by atomic mass is 16.5. The van der Waals surface area contributed by atoms with Gasteiger partial charge in [0, 0.05) is 24.0 Å². The number of anilines is 2. The normalized spacial score (nSPS) is 14.4. The third kappa shape index (κ3) is 2.32. The van der Waals surface area contributed by atoms with Gasteiger partial charge in [-0.3, -0.25) is 0 Å².